The Morgan fingerprint density at radius 1 is 1.26 bits per heavy atom. The van der Waals surface area contributed by atoms with E-state index in [2.05, 4.69) is 15.3 Å². The Bertz CT molecular complexity index is 1130. The third kappa shape index (κ3) is 3.79. The number of amides is 1. The number of amidine groups is 1. The number of carbonyl (C=O) groups is 1. The van der Waals surface area contributed by atoms with Crippen molar-refractivity contribution in [1.82, 2.24) is 4.90 Å². The highest BCUT2D eigenvalue weighted by molar-refractivity contribution is 8.16. The van der Waals surface area contributed by atoms with Crippen molar-refractivity contribution in [2.24, 2.45) is 4.99 Å². The first kappa shape index (κ1) is 20.0. The Labute approximate surface area is 189 Å². The highest BCUT2D eigenvalue weighted by atomic mass is 35.5. The predicted octanol–water partition coefficient (Wildman–Crippen LogP) is 4.50. The molecule has 3 aliphatic rings. The minimum Gasteiger partial charge on any atom is -0.497 e. The summed E-state index contributed by atoms with van der Waals surface area (Å²) in [5, 5.41) is 3.62. The lowest BCUT2D eigenvalue weighted by atomic mass is 10.1. The van der Waals surface area contributed by atoms with E-state index in [9.17, 15) is 4.79 Å². The van der Waals surface area contributed by atoms with Gasteiger partial charge in [0.1, 0.15) is 12.4 Å². The van der Waals surface area contributed by atoms with Crippen molar-refractivity contribution in [3.8, 4) is 11.5 Å². The lowest BCUT2D eigenvalue weighted by Crippen LogP contribution is -2.37. The molecule has 0 fully saturated rings. The smallest absolute Gasteiger partial charge is 0.251 e. The van der Waals surface area contributed by atoms with Crippen LogP contribution in [0.4, 0.5) is 5.69 Å². The molecule has 6 nitrogen and oxygen atoms in total. The number of aliphatic imine (C=N–C) groups is 1. The van der Waals surface area contributed by atoms with Crippen molar-refractivity contribution in [3.05, 3.63) is 64.0 Å². The average Bonchev–Trinajstić information content (AvgIpc) is 3.41. The van der Waals surface area contributed by atoms with Crippen LogP contribution in [0.25, 0.3) is 11.8 Å². The zero-order chi connectivity index (χ0) is 21.4. The molecule has 0 saturated carbocycles. The topological polar surface area (TPSA) is 54.4 Å². The molecule has 2 aromatic carbocycles. The summed E-state index contributed by atoms with van der Waals surface area (Å²) in [4.78, 5) is 21.5. The second-order valence-corrected chi connectivity index (χ2v) is 8.46. The fourth-order valence-corrected chi connectivity index (χ4v) is 4.98. The van der Waals surface area contributed by atoms with Crippen LogP contribution in [0, 0.1) is 0 Å². The van der Waals surface area contributed by atoms with Gasteiger partial charge in [0.05, 0.1) is 31.6 Å². The number of methoxy groups -OCH3 is 1. The van der Waals surface area contributed by atoms with E-state index in [-0.39, 0.29) is 5.91 Å². The molecule has 0 atom stereocenters. The molecule has 0 unspecified atom stereocenters. The Kier molecular flexibility index (Phi) is 5.38. The van der Waals surface area contributed by atoms with E-state index < -0.39 is 0 Å². The number of halogens is 1. The van der Waals surface area contributed by atoms with Crippen molar-refractivity contribution in [3.63, 3.8) is 0 Å². The van der Waals surface area contributed by atoms with Crippen LogP contribution in [0.15, 0.2) is 52.9 Å². The van der Waals surface area contributed by atoms with Crippen LogP contribution in [0.5, 0.6) is 11.5 Å². The van der Waals surface area contributed by atoms with E-state index >= 15 is 0 Å². The summed E-state index contributed by atoms with van der Waals surface area (Å²) in [5.41, 5.74) is 3.51. The molecular weight excluding hydrogens is 434 g/mol. The first-order chi connectivity index (χ1) is 15.1. The van der Waals surface area contributed by atoms with Crippen LogP contribution in [-0.2, 0) is 4.79 Å². The standard InChI is InChI=1S/C23H20ClN3O3S/c1-29-17-5-2-15(3-6-17)4-7-21(28)26-10-11-30-22-18(12-16(24)13-19(22)26)20-14-31-23-25-8-9-27(20)23/h2-7,12-14H,8-11H2,1H3. The second kappa shape index (κ2) is 8.32. The number of anilines is 1. The van der Waals surface area contributed by atoms with Gasteiger partial charge in [0, 0.05) is 28.6 Å². The summed E-state index contributed by atoms with van der Waals surface area (Å²) < 4.78 is 11.2. The minimum absolute atomic E-state index is 0.119. The summed E-state index contributed by atoms with van der Waals surface area (Å²) in [6.45, 7) is 2.50. The number of hydrogen-bond acceptors (Lipinski definition) is 6. The van der Waals surface area contributed by atoms with Crippen LogP contribution in [0.1, 0.15) is 11.1 Å². The van der Waals surface area contributed by atoms with Gasteiger partial charge in [0.25, 0.3) is 5.91 Å². The fourth-order valence-electron chi connectivity index (χ4n) is 3.81. The molecule has 0 aromatic heterocycles. The monoisotopic (exact) mass is 453 g/mol. The molecule has 31 heavy (non-hydrogen) atoms. The zero-order valence-electron chi connectivity index (χ0n) is 16.9. The minimum atomic E-state index is -0.119. The first-order valence-electron chi connectivity index (χ1n) is 9.93. The summed E-state index contributed by atoms with van der Waals surface area (Å²) >= 11 is 8.07. The van der Waals surface area contributed by atoms with Gasteiger partial charge < -0.3 is 19.3 Å². The highest BCUT2D eigenvalue weighted by Crippen LogP contribution is 2.45. The number of hydrogen-bond donors (Lipinski definition) is 0. The van der Waals surface area contributed by atoms with Crippen molar-refractivity contribution in [2.75, 3.05) is 38.3 Å². The summed E-state index contributed by atoms with van der Waals surface area (Å²) in [6, 6.07) is 11.2. The number of benzene rings is 2. The van der Waals surface area contributed by atoms with Gasteiger partial charge in [-0.1, -0.05) is 35.5 Å². The molecule has 0 radical (unpaired) electrons. The van der Waals surface area contributed by atoms with E-state index in [1.165, 1.54) is 0 Å². The van der Waals surface area contributed by atoms with Crippen molar-refractivity contribution < 1.29 is 14.3 Å². The van der Waals surface area contributed by atoms with Gasteiger partial charge >= 0.3 is 0 Å². The van der Waals surface area contributed by atoms with Gasteiger partial charge in [-0.15, -0.1) is 0 Å². The third-order valence-electron chi connectivity index (χ3n) is 5.33. The van der Waals surface area contributed by atoms with Gasteiger partial charge in [-0.25, -0.2) is 0 Å². The number of nitrogens with zero attached hydrogens (tertiary/aromatic N) is 3. The maximum atomic E-state index is 13.1. The maximum absolute atomic E-state index is 13.1. The summed E-state index contributed by atoms with van der Waals surface area (Å²) in [6.07, 6.45) is 3.37. The molecule has 0 bridgehead atoms. The van der Waals surface area contributed by atoms with Crippen LogP contribution in [-0.4, -0.2) is 49.3 Å². The van der Waals surface area contributed by atoms with Gasteiger partial charge in [-0.3, -0.25) is 9.79 Å². The number of ether oxygens (including phenoxy) is 2. The zero-order valence-corrected chi connectivity index (χ0v) is 18.4. The molecule has 0 N–H and O–H groups in total. The van der Waals surface area contributed by atoms with Crippen LogP contribution in [0.3, 0.4) is 0 Å². The normalized spacial score (nSPS) is 17.2. The van der Waals surface area contributed by atoms with Gasteiger partial charge in [0.15, 0.2) is 10.9 Å². The Balaban J connectivity index is 1.44. The van der Waals surface area contributed by atoms with Crippen molar-refractivity contribution in [1.29, 1.82) is 0 Å². The molecule has 0 spiro atoms. The van der Waals surface area contributed by atoms with E-state index in [4.69, 9.17) is 21.1 Å². The molecule has 0 saturated heterocycles. The third-order valence-corrected chi connectivity index (χ3v) is 6.45. The van der Waals surface area contributed by atoms with E-state index in [0.717, 1.165) is 40.8 Å². The van der Waals surface area contributed by atoms with Crippen LogP contribution in [0.2, 0.25) is 5.02 Å². The highest BCUT2D eigenvalue weighted by Gasteiger charge is 2.32. The van der Waals surface area contributed by atoms with Crippen LogP contribution >= 0.6 is 23.4 Å². The SMILES string of the molecule is COc1ccc(C=CC(=O)N2CCOc3c(C4=CSC5=NCCN45)cc(Cl)cc32)cc1. The predicted molar refractivity (Wildman–Crippen MR) is 126 cm³/mol. The van der Waals surface area contributed by atoms with E-state index in [1.807, 2.05) is 30.3 Å². The largest absolute Gasteiger partial charge is 0.497 e. The van der Waals surface area contributed by atoms with Crippen LogP contribution < -0.4 is 14.4 Å². The number of carbonyl (C=O) groups excluding carboxylic acids is 1. The lowest BCUT2D eigenvalue weighted by Gasteiger charge is -2.31. The van der Waals surface area contributed by atoms with Gasteiger partial charge in [-0.2, -0.15) is 0 Å². The van der Waals surface area contributed by atoms with E-state index in [1.54, 1.807) is 42.0 Å². The molecule has 158 valence electrons. The van der Waals surface area contributed by atoms with E-state index in [0.29, 0.717) is 29.6 Å². The summed E-state index contributed by atoms with van der Waals surface area (Å²) in [7, 11) is 1.63. The van der Waals surface area contributed by atoms with Gasteiger partial charge in [0.2, 0.25) is 0 Å². The Morgan fingerprint density at radius 3 is 2.90 bits per heavy atom. The molecule has 0 aliphatic carbocycles. The first-order valence-corrected chi connectivity index (χ1v) is 11.2. The number of rotatable bonds is 4. The molecular formula is C23H20ClN3O3S. The molecule has 8 heteroatoms. The van der Waals surface area contributed by atoms with Crippen molar-refractivity contribution >= 4 is 51.9 Å². The number of thioether (sulfide) groups is 1. The second-order valence-electron chi connectivity index (χ2n) is 7.18. The Hall–Kier alpha value is -2.90. The average molecular weight is 454 g/mol. The van der Waals surface area contributed by atoms with Crippen molar-refractivity contribution in [2.45, 2.75) is 0 Å². The molecule has 2 aromatic rings. The quantitative estimate of drug-likeness (QED) is 0.638. The Morgan fingerprint density at radius 2 is 2.10 bits per heavy atom. The van der Waals surface area contributed by atoms with Gasteiger partial charge in [-0.05, 0) is 35.9 Å². The molecule has 1 amide bonds. The molecule has 3 heterocycles. The maximum Gasteiger partial charge on any atom is 0.251 e. The summed E-state index contributed by atoms with van der Waals surface area (Å²) in [5.74, 6) is 1.34. The lowest BCUT2D eigenvalue weighted by molar-refractivity contribution is -0.114. The number of fused-ring (bicyclic) bond motifs is 2. The molecule has 3 aliphatic heterocycles. The molecule has 5 rings (SSSR count). The fraction of sp³-hybridized carbons (Fsp3) is 0.217.